The van der Waals surface area contributed by atoms with E-state index in [4.69, 9.17) is 22.4 Å². The van der Waals surface area contributed by atoms with Crippen LogP contribution in [0.5, 0.6) is 0 Å². The van der Waals surface area contributed by atoms with Crippen LogP contribution in [-0.4, -0.2) is 66.7 Å². The highest BCUT2D eigenvalue weighted by atomic mass is 35.5. The second-order valence-electron chi connectivity index (χ2n) is 5.37. The number of carbonyl (C=O) groups excluding carboxylic acids is 1. The SMILES string of the molecule is NC(=O)[C@@H](CN1CCN(CCO)CC1)c1ccc(Cl)cc1. The molecular weight excluding hydrogens is 290 g/mol. The molecule has 1 amide bonds. The van der Waals surface area contributed by atoms with Gasteiger partial charge in [-0.3, -0.25) is 14.6 Å². The van der Waals surface area contributed by atoms with Gasteiger partial charge in [-0.2, -0.15) is 0 Å². The summed E-state index contributed by atoms with van der Waals surface area (Å²) in [6, 6.07) is 7.29. The number of primary amides is 1. The number of hydrogen-bond acceptors (Lipinski definition) is 4. The fourth-order valence-corrected chi connectivity index (χ4v) is 2.78. The van der Waals surface area contributed by atoms with Crippen LogP contribution in [0.3, 0.4) is 0 Å². The Labute approximate surface area is 130 Å². The number of benzene rings is 1. The molecule has 1 saturated heterocycles. The molecule has 0 radical (unpaired) electrons. The van der Waals surface area contributed by atoms with Crippen LogP contribution in [0, 0.1) is 0 Å². The van der Waals surface area contributed by atoms with Crippen LogP contribution in [0.25, 0.3) is 0 Å². The minimum Gasteiger partial charge on any atom is -0.395 e. The maximum absolute atomic E-state index is 11.7. The lowest BCUT2D eigenvalue weighted by Gasteiger charge is -2.35. The third-order valence-corrected chi connectivity index (χ3v) is 4.19. The Morgan fingerprint density at radius 1 is 1.19 bits per heavy atom. The lowest BCUT2D eigenvalue weighted by molar-refractivity contribution is -0.120. The minimum absolute atomic E-state index is 0.189. The largest absolute Gasteiger partial charge is 0.395 e. The average molecular weight is 312 g/mol. The Morgan fingerprint density at radius 2 is 1.76 bits per heavy atom. The van der Waals surface area contributed by atoms with Crippen molar-refractivity contribution < 1.29 is 9.90 Å². The number of carbonyl (C=O) groups is 1. The highest BCUT2D eigenvalue weighted by molar-refractivity contribution is 6.30. The first kappa shape index (κ1) is 16.2. The molecular formula is C15H22ClN3O2. The molecule has 116 valence electrons. The standard InChI is InChI=1S/C15H22ClN3O2/c16-13-3-1-12(2-4-13)14(15(17)21)11-19-7-5-18(6-8-19)9-10-20/h1-4,14,20H,5-11H2,(H2,17,21)/t14-/m0/s1. The van der Waals surface area contributed by atoms with Gasteiger partial charge in [-0.1, -0.05) is 23.7 Å². The maximum atomic E-state index is 11.7. The van der Waals surface area contributed by atoms with E-state index in [0.717, 1.165) is 31.7 Å². The average Bonchev–Trinajstić information content (AvgIpc) is 2.47. The molecule has 0 spiro atoms. The molecule has 5 nitrogen and oxygen atoms in total. The minimum atomic E-state index is -0.313. The molecule has 0 saturated carbocycles. The quantitative estimate of drug-likeness (QED) is 0.803. The first-order valence-electron chi connectivity index (χ1n) is 7.20. The van der Waals surface area contributed by atoms with Crippen molar-refractivity contribution in [3.8, 4) is 0 Å². The third-order valence-electron chi connectivity index (χ3n) is 3.94. The van der Waals surface area contributed by atoms with Gasteiger partial charge in [0.25, 0.3) is 0 Å². The Kier molecular flexibility index (Phi) is 5.99. The van der Waals surface area contributed by atoms with Gasteiger partial charge in [-0.05, 0) is 17.7 Å². The van der Waals surface area contributed by atoms with Crippen LogP contribution in [0.2, 0.25) is 5.02 Å². The first-order valence-corrected chi connectivity index (χ1v) is 7.58. The number of rotatable bonds is 6. The zero-order chi connectivity index (χ0) is 15.2. The monoisotopic (exact) mass is 311 g/mol. The summed E-state index contributed by atoms with van der Waals surface area (Å²) >= 11 is 5.88. The first-order chi connectivity index (χ1) is 10.1. The van der Waals surface area contributed by atoms with Gasteiger partial charge in [0.1, 0.15) is 0 Å². The van der Waals surface area contributed by atoms with Crippen LogP contribution in [0.1, 0.15) is 11.5 Å². The van der Waals surface area contributed by atoms with E-state index < -0.39 is 0 Å². The van der Waals surface area contributed by atoms with E-state index in [-0.39, 0.29) is 18.4 Å². The summed E-state index contributed by atoms with van der Waals surface area (Å²) in [5, 5.41) is 9.60. The van der Waals surface area contributed by atoms with Crippen molar-refractivity contribution in [1.29, 1.82) is 0 Å². The summed E-state index contributed by atoms with van der Waals surface area (Å²) in [6.07, 6.45) is 0. The zero-order valence-electron chi connectivity index (χ0n) is 12.0. The van der Waals surface area contributed by atoms with E-state index in [0.29, 0.717) is 18.1 Å². The van der Waals surface area contributed by atoms with Crippen molar-refractivity contribution in [2.24, 2.45) is 5.73 Å². The maximum Gasteiger partial charge on any atom is 0.226 e. The molecule has 0 bridgehead atoms. The second-order valence-corrected chi connectivity index (χ2v) is 5.81. The van der Waals surface area contributed by atoms with E-state index in [1.165, 1.54) is 0 Å². The Bertz CT molecular complexity index is 458. The fourth-order valence-electron chi connectivity index (χ4n) is 2.65. The van der Waals surface area contributed by atoms with Crippen molar-refractivity contribution in [1.82, 2.24) is 9.80 Å². The number of β-amino-alcohol motifs (C(OH)–C–C–N with tert-alkyl or cyclic N) is 1. The predicted molar refractivity (Wildman–Crippen MR) is 83.4 cm³/mol. The van der Waals surface area contributed by atoms with Crippen molar-refractivity contribution in [3.05, 3.63) is 34.9 Å². The topological polar surface area (TPSA) is 69.8 Å². The van der Waals surface area contributed by atoms with Crippen LogP contribution >= 0.6 is 11.6 Å². The van der Waals surface area contributed by atoms with Crippen molar-refractivity contribution in [2.45, 2.75) is 5.92 Å². The van der Waals surface area contributed by atoms with Gasteiger partial charge in [0.15, 0.2) is 0 Å². The molecule has 1 aliphatic rings. The van der Waals surface area contributed by atoms with Gasteiger partial charge in [0, 0.05) is 44.3 Å². The van der Waals surface area contributed by atoms with E-state index in [2.05, 4.69) is 9.80 Å². The number of halogens is 1. The number of nitrogens with two attached hydrogens (primary N) is 1. The summed E-state index contributed by atoms with van der Waals surface area (Å²) in [6.45, 7) is 5.12. The van der Waals surface area contributed by atoms with Gasteiger partial charge in [0.2, 0.25) is 5.91 Å². The van der Waals surface area contributed by atoms with E-state index in [9.17, 15) is 4.79 Å². The molecule has 0 aliphatic carbocycles. The van der Waals surface area contributed by atoms with Crippen LogP contribution in [0.15, 0.2) is 24.3 Å². The molecule has 2 rings (SSSR count). The third kappa shape index (κ3) is 4.68. The molecule has 1 aromatic carbocycles. The number of aliphatic hydroxyl groups is 1. The number of aliphatic hydroxyl groups excluding tert-OH is 1. The highest BCUT2D eigenvalue weighted by Crippen LogP contribution is 2.20. The second kappa shape index (κ2) is 7.75. The zero-order valence-corrected chi connectivity index (χ0v) is 12.8. The van der Waals surface area contributed by atoms with Crippen molar-refractivity contribution in [2.75, 3.05) is 45.9 Å². The Hall–Kier alpha value is -1.14. The molecule has 6 heteroatoms. The lowest BCUT2D eigenvalue weighted by Crippen LogP contribution is -2.49. The van der Waals surface area contributed by atoms with Gasteiger partial charge in [0.05, 0.1) is 12.5 Å². The normalized spacial score (nSPS) is 18.6. The number of piperazine rings is 1. The molecule has 0 aromatic heterocycles. The Balaban J connectivity index is 1.95. The summed E-state index contributed by atoms with van der Waals surface area (Å²) in [4.78, 5) is 16.2. The molecule has 1 heterocycles. The summed E-state index contributed by atoms with van der Waals surface area (Å²) in [5.74, 6) is -0.623. The lowest BCUT2D eigenvalue weighted by atomic mass is 9.97. The molecule has 1 aliphatic heterocycles. The predicted octanol–water partition coefficient (Wildman–Crippen LogP) is 0.519. The smallest absolute Gasteiger partial charge is 0.226 e. The van der Waals surface area contributed by atoms with Crippen LogP contribution < -0.4 is 5.73 Å². The number of amides is 1. The molecule has 1 atom stereocenters. The van der Waals surface area contributed by atoms with Gasteiger partial charge in [-0.25, -0.2) is 0 Å². The summed E-state index contributed by atoms with van der Waals surface area (Å²) < 4.78 is 0. The molecule has 3 N–H and O–H groups in total. The van der Waals surface area contributed by atoms with Crippen LogP contribution in [-0.2, 0) is 4.79 Å². The summed E-state index contributed by atoms with van der Waals surface area (Å²) in [7, 11) is 0. The molecule has 1 fully saturated rings. The van der Waals surface area contributed by atoms with E-state index in [1.54, 1.807) is 12.1 Å². The van der Waals surface area contributed by atoms with Crippen molar-refractivity contribution >= 4 is 17.5 Å². The number of hydrogen-bond donors (Lipinski definition) is 2. The van der Waals surface area contributed by atoms with Crippen molar-refractivity contribution in [3.63, 3.8) is 0 Å². The van der Waals surface area contributed by atoms with E-state index >= 15 is 0 Å². The van der Waals surface area contributed by atoms with Crippen LogP contribution in [0.4, 0.5) is 0 Å². The highest BCUT2D eigenvalue weighted by Gasteiger charge is 2.24. The molecule has 21 heavy (non-hydrogen) atoms. The van der Waals surface area contributed by atoms with Gasteiger partial charge < -0.3 is 10.8 Å². The van der Waals surface area contributed by atoms with Gasteiger partial charge in [-0.15, -0.1) is 0 Å². The Morgan fingerprint density at radius 3 is 2.29 bits per heavy atom. The summed E-state index contributed by atoms with van der Waals surface area (Å²) in [5.41, 5.74) is 6.46. The fraction of sp³-hybridized carbons (Fsp3) is 0.533. The molecule has 0 unspecified atom stereocenters. The number of nitrogens with zero attached hydrogens (tertiary/aromatic N) is 2. The van der Waals surface area contributed by atoms with Gasteiger partial charge >= 0.3 is 0 Å². The van der Waals surface area contributed by atoms with E-state index in [1.807, 2.05) is 12.1 Å². The molecule has 1 aromatic rings.